The average Bonchev–Trinajstić information content (AvgIpc) is 3.02. The smallest absolute Gasteiger partial charge is 0.242 e. The number of pyridine rings is 1. The summed E-state index contributed by atoms with van der Waals surface area (Å²) in [7, 11) is 0. The lowest BCUT2D eigenvalue weighted by molar-refractivity contribution is -0.139. The number of rotatable bonds is 8. The van der Waals surface area contributed by atoms with Crippen LogP contribution < -0.4 is 0 Å². The molecule has 176 valence electrons. The molecule has 1 unspecified atom stereocenters. The van der Waals surface area contributed by atoms with Gasteiger partial charge >= 0.3 is 0 Å². The molecule has 6 nitrogen and oxygen atoms in total. The summed E-state index contributed by atoms with van der Waals surface area (Å²) in [6, 6.07) is 21.2. The van der Waals surface area contributed by atoms with E-state index in [0.29, 0.717) is 37.7 Å². The van der Waals surface area contributed by atoms with Crippen LogP contribution in [0.25, 0.3) is 0 Å². The van der Waals surface area contributed by atoms with Crippen LogP contribution in [0.15, 0.2) is 79.1 Å². The molecule has 0 saturated carbocycles. The number of aromatic nitrogens is 1. The van der Waals surface area contributed by atoms with E-state index >= 15 is 0 Å². The normalized spacial score (nSPS) is 16.4. The van der Waals surface area contributed by atoms with E-state index in [1.807, 2.05) is 66.7 Å². The fourth-order valence-electron chi connectivity index (χ4n) is 4.03. The third-order valence-corrected chi connectivity index (χ3v) is 6.24. The fraction of sp³-hybridized carbons (Fsp3) is 0.296. The molecule has 34 heavy (non-hydrogen) atoms. The maximum absolute atomic E-state index is 13.1. The second-order valence-electron chi connectivity index (χ2n) is 8.42. The molecule has 1 aliphatic rings. The molecular weight excluding hydrogens is 450 g/mol. The van der Waals surface area contributed by atoms with Crippen molar-refractivity contribution in [2.24, 2.45) is 0 Å². The lowest BCUT2D eigenvalue weighted by Gasteiger charge is -2.25. The second kappa shape index (κ2) is 11.8. The predicted molar refractivity (Wildman–Crippen MR) is 131 cm³/mol. The first-order chi connectivity index (χ1) is 16.6. The van der Waals surface area contributed by atoms with Gasteiger partial charge in [0.05, 0.1) is 19.3 Å². The van der Waals surface area contributed by atoms with Crippen molar-refractivity contribution in [3.63, 3.8) is 0 Å². The van der Waals surface area contributed by atoms with Crippen molar-refractivity contribution in [1.29, 1.82) is 0 Å². The SMILES string of the molecule is O=C(CCc1ccccc1Cl)N1CC(=O)N(Cc2cccnc2)CC(OCc2ccccc2)C1. The summed E-state index contributed by atoms with van der Waals surface area (Å²) in [6.07, 6.45) is 3.97. The molecule has 1 aliphatic heterocycles. The zero-order valence-corrected chi connectivity index (χ0v) is 19.7. The van der Waals surface area contributed by atoms with Crippen molar-refractivity contribution in [3.05, 3.63) is 101 Å². The number of amides is 2. The van der Waals surface area contributed by atoms with Crippen LogP contribution in [0.1, 0.15) is 23.1 Å². The van der Waals surface area contributed by atoms with Gasteiger partial charge in [-0.05, 0) is 35.2 Å². The molecule has 0 N–H and O–H groups in total. The molecule has 3 aromatic rings. The molecule has 7 heteroatoms. The van der Waals surface area contributed by atoms with E-state index in [1.165, 1.54) is 0 Å². The number of ether oxygens (including phenoxy) is 1. The zero-order chi connectivity index (χ0) is 23.8. The minimum atomic E-state index is -0.299. The van der Waals surface area contributed by atoms with E-state index in [1.54, 1.807) is 22.2 Å². The maximum atomic E-state index is 13.1. The molecule has 4 rings (SSSR count). The van der Waals surface area contributed by atoms with Crippen LogP contribution in [0.2, 0.25) is 5.02 Å². The molecule has 2 heterocycles. The Balaban J connectivity index is 1.46. The van der Waals surface area contributed by atoms with Gasteiger partial charge in [0.1, 0.15) is 0 Å². The highest BCUT2D eigenvalue weighted by molar-refractivity contribution is 6.31. The van der Waals surface area contributed by atoms with E-state index in [-0.39, 0.29) is 30.9 Å². The number of hydrogen-bond donors (Lipinski definition) is 0. The highest BCUT2D eigenvalue weighted by atomic mass is 35.5. The Bertz CT molecular complexity index is 1090. The average molecular weight is 478 g/mol. The number of aryl methyl sites for hydroxylation is 1. The molecule has 1 atom stereocenters. The van der Waals surface area contributed by atoms with Crippen molar-refractivity contribution in [2.75, 3.05) is 19.6 Å². The van der Waals surface area contributed by atoms with E-state index in [9.17, 15) is 9.59 Å². The Morgan fingerprint density at radius 1 is 1.00 bits per heavy atom. The lowest BCUT2D eigenvalue weighted by Crippen LogP contribution is -2.39. The van der Waals surface area contributed by atoms with E-state index < -0.39 is 0 Å². The monoisotopic (exact) mass is 477 g/mol. The number of halogens is 1. The number of benzene rings is 2. The highest BCUT2D eigenvalue weighted by Gasteiger charge is 2.31. The van der Waals surface area contributed by atoms with Crippen LogP contribution >= 0.6 is 11.6 Å². The van der Waals surface area contributed by atoms with Gasteiger partial charge in [-0.15, -0.1) is 0 Å². The summed E-state index contributed by atoms with van der Waals surface area (Å²) in [5.41, 5.74) is 2.92. The molecule has 0 bridgehead atoms. The fourth-order valence-corrected chi connectivity index (χ4v) is 4.26. The van der Waals surface area contributed by atoms with Crippen LogP contribution in [-0.4, -0.2) is 52.3 Å². The summed E-state index contributed by atoms with van der Waals surface area (Å²) in [5, 5.41) is 0.647. The lowest BCUT2D eigenvalue weighted by atomic mass is 10.1. The maximum Gasteiger partial charge on any atom is 0.242 e. The van der Waals surface area contributed by atoms with E-state index in [2.05, 4.69) is 4.98 Å². The van der Waals surface area contributed by atoms with Gasteiger partial charge in [-0.25, -0.2) is 0 Å². The van der Waals surface area contributed by atoms with Gasteiger partial charge in [-0.1, -0.05) is 66.2 Å². The van der Waals surface area contributed by atoms with Crippen LogP contribution in [0.4, 0.5) is 0 Å². The van der Waals surface area contributed by atoms with Gasteiger partial charge in [0.2, 0.25) is 11.8 Å². The van der Waals surface area contributed by atoms with Crippen molar-refractivity contribution >= 4 is 23.4 Å². The van der Waals surface area contributed by atoms with Gasteiger partial charge < -0.3 is 14.5 Å². The van der Waals surface area contributed by atoms with Crippen LogP contribution in [-0.2, 0) is 33.9 Å². The second-order valence-corrected chi connectivity index (χ2v) is 8.83. The molecular formula is C27H28ClN3O3. The largest absolute Gasteiger partial charge is 0.370 e. The first-order valence-corrected chi connectivity index (χ1v) is 11.8. The van der Waals surface area contributed by atoms with Gasteiger partial charge in [0, 0.05) is 43.5 Å². The Hall–Kier alpha value is -3.22. The van der Waals surface area contributed by atoms with Crippen molar-refractivity contribution in [3.8, 4) is 0 Å². The molecule has 2 aromatic carbocycles. The number of hydrogen-bond acceptors (Lipinski definition) is 4. The Kier molecular flexibility index (Phi) is 8.28. The van der Waals surface area contributed by atoms with Crippen molar-refractivity contribution < 1.29 is 14.3 Å². The van der Waals surface area contributed by atoms with Crippen molar-refractivity contribution in [1.82, 2.24) is 14.8 Å². The van der Waals surface area contributed by atoms with E-state index in [0.717, 1.165) is 16.7 Å². The summed E-state index contributed by atoms with van der Waals surface area (Å²) < 4.78 is 6.20. The quantitative estimate of drug-likeness (QED) is 0.489. The summed E-state index contributed by atoms with van der Waals surface area (Å²) >= 11 is 6.25. The van der Waals surface area contributed by atoms with Crippen molar-refractivity contribution in [2.45, 2.75) is 32.1 Å². The third-order valence-electron chi connectivity index (χ3n) is 5.87. The molecule has 1 saturated heterocycles. The summed E-state index contributed by atoms with van der Waals surface area (Å²) in [4.78, 5) is 33.8. The van der Waals surface area contributed by atoms with Crippen LogP contribution in [0.3, 0.4) is 0 Å². The highest BCUT2D eigenvalue weighted by Crippen LogP contribution is 2.19. The molecule has 0 aliphatic carbocycles. The van der Waals surface area contributed by atoms with Crippen LogP contribution in [0, 0.1) is 0 Å². The minimum absolute atomic E-state index is 0.0345. The first kappa shape index (κ1) is 23.9. The number of nitrogens with zero attached hydrogens (tertiary/aromatic N) is 3. The Morgan fingerprint density at radius 3 is 2.53 bits per heavy atom. The predicted octanol–water partition coefficient (Wildman–Crippen LogP) is 4.12. The first-order valence-electron chi connectivity index (χ1n) is 11.4. The molecule has 0 spiro atoms. The van der Waals surface area contributed by atoms with Gasteiger partial charge in [-0.3, -0.25) is 14.6 Å². The molecule has 0 radical (unpaired) electrons. The minimum Gasteiger partial charge on any atom is -0.370 e. The molecule has 1 fully saturated rings. The Labute approximate surface area is 205 Å². The van der Waals surface area contributed by atoms with Gasteiger partial charge in [-0.2, -0.15) is 0 Å². The summed E-state index contributed by atoms with van der Waals surface area (Å²) in [5.74, 6) is -0.175. The number of carbonyl (C=O) groups is 2. The van der Waals surface area contributed by atoms with Crippen LogP contribution in [0.5, 0.6) is 0 Å². The third kappa shape index (κ3) is 6.65. The van der Waals surface area contributed by atoms with E-state index in [4.69, 9.17) is 16.3 Å². The van der Waals surface area contributed by atoms with Gasteiger partial charge in [0.15, 0.2) is 0 Å². The van der Waals surface area contributed by atoms with Gasteiger partial charge in [0.25, 0.3) is 0 Å². The Morgan fingerprint density at radius 2 is 1.76 bits per heavy atom. The molecule has 1 aromatic heterocycles. The standard InChI is InChI=1S/C27H28ClN3O3/c28-25-11-5-4-10-23(25)12-13-26(32)31-18-24(34-20-21-7-2-1-3-8-21)17-30(27(33)19-31)16-22-9-6-14-29-15-22/h1-11,14-15,24H,12-13,16-20H2. The molecule has 2 amide bonds. The zero-order valence-electron chi connectivity index (χ0n) is 19.0. The number of carbonyl (C=O) groups excluding carboxylic acids is 2. The topological polar surface area (TPSA) is 62.7 Å². The summed E-state index contributed by atoms with van der Waals surface area (Å²) in [6.45, 7) is 1.66.